The van der Waals surface area contributed by atoms with Gasteiger partial charge in [0, 0.05) is 0 Å². The van der Waals surface area contributed by atoms with E-state index in [1.165, 1.54) is 0 Å². The standard InChI is InChI=1S/C22H27NO5/c1-22(2,3)16-7-5-15(6-8-16)19(13-21(25)26)23-20(24)14-28-18-11-9-17(27-4)10-12-18/h5-12,19H,13-14H2,1-4H3,(H,23,24)(H,25,26)/t19-/m1/s1. The number of carbonyl (C=O) groups is 2. The van der Waals surface area contributed by atoms with Gasteiger partial charge in [0.2, 0.25) is 0 Å². The molecule has 1 atom stereocenters. The van der Waals surface area contributed by atoms with E-state index in [1.807, 2.05) is 24.3 Å². The average Bonchev–Trinajstić information content (AvgIpc) is 2.65. The van der Waals surface area contributed by atoms with Crippen molar-refractivity contribution in [2.24, 2.45) is 0 Å². The van der Waals surface area contributed by atoms with Crippen molar-refractivity contribution in [3.05, 3.63) is 59.7 Å². The van der Waals surface area contributed by atoms with Gasteiger partial charge >= 0.3 is 5.97 Å². The first-order valence-electron chi connectivity index (χ1n) is 9.07. The first kappa shape index (κ1) is 21.3. The van der Waals surface area contributed by atoms with Crippen LogP contribution in [-0.2, 0) is 15.0 Å². The first-order valence-corrected chi connectivity index (χ1v) is 9.07. The van der Waals surface area contributed by atoms with E-state index in [0.29, 0.717) is 11.5 Å². The number of amides is 1. The van der Waals surface area contributed by atoms with E-state index in [0.717, 1.165) is 11.1 Å². The zero-order valence-electron chi connectivity index (χ0n) is 16.7. The minimum atomic E-state index is -0.985. The third kappa shape index (κ3) is 6.30. The van der Waals surface area contributed by atoms with Crippen LogP contribution in [0.25, 0.3) is 0 Å². The molecule has 0 bridgehead atoms. The van der Waals surface area contributed by atoms with Crippen molar-refractivity contribution in [3.63, 3.8) is 0 Å². The fraction of sp³-hybridized carbons (Fsp3) is 0.364. The predicted molar refractivity (Wildman–Crippen MR) is 107 cm³/mol. The summed E-state index contributed by atoms with van der Waals surface area (Å²) in [5.41, 5.74) is 1.88. The normalized spacial score (nSPS) is 12.1. The van der Waals surface area contributed by atoms with Crippen LogP contribution in [0, 0.1) is 0 Å². The Hall–Kier alpha value is -3.02. The fourth-order valence-corrected chi connectivity index (χ4v) is 2.70. The molecule has 150 valence electrons. The molecule has 0 aliphatic carbocycles. The Labute approximate surface area is 165 Å². The van der Waals surface area contributed by atoms with Gasteiger partial charge in [0.15, 0.2) is 6.61 Å². The highest BCUT2D eigenvalue weighted by molar-refractivity contribution is 5.79. The van der Waals surface area contributed by atoms with Crippen LogP contribution in [0.15, 0.2) is 48.5 Å². The highest BCUT2D eigenvalue weighted by Gasteiger charge is 2.20. The summed E-state index contributed by atoms with van der Waals surface area (Å²) in [4.78, 5) is 23.5. The van der Waals surface area contributed by atoms with E-state index in [1.54, 1.807) is 31.4 Å². The molecule has 2 N–H and O–H groups in total. The molecule has 0 aliphatic rings. The lowest BCUT2D eigenvalue weighted by Gasteiger charge is -2.22. The van der Waals surface area contributed by atoms with E-state index < -0.39 is 12.0 Å². The summed E-state index contributed by atoms with van der Waals surface area (Å²) in [7, 11) is 1.57. The molecule has 0 saturated carbocycles. The zero-order valence-corrected chi connectivity index (χ0v) is 16.7. The summed E-state index contributed by atoms with van der Waals surface area (Å²) in [6.45, 7) is 6.11. The first-order chi connectivity index (χ1) is 13.2. The smallest absolute Gasteiger partial charge is 0.305 e. The van der Waals surface area contributed by atoms with Crippen molar-refractivity contribution in [1.82, 2.24) is 5.32 Å². The van der Waals surface area contributed by atoms with Crippen molar-refractivity contribution in [2.75, 3.05) is 13.7 Å². The topological polar surface area (TPSA) is 84.9 Å². The Balaban J connectivity index is 2.02. The summed E-state index contributed by atoms with van der Waals surface area (Å²) >= 11 is 0. The van der Waals surface area contributed by atoms with Crippen LogP contribution < -0.4 is 14.8 Å². The molecule has 2 aromatic rings. The molecule has 0 aromatic heterocycles. The molecule has 0 saturated heterocycles. The SMILES string of the molecule is COc1ccc(OCC(=O)N[C@H](CC(=O)O)c2ccc(C(C)(C)C)cc2)cc1. The second kappa shape index (κ2) is 9.26. The van der Waals surface area contributed by atoms with Gasteiger partial charge in [0.05, 0.1) is 19.6 Å². The summed E-state index contributed by atoms with van der Waals surface area (Å²) < 4.78 is 10.5. The summed E-state index contributed by atoms with van der Waals surface area (Å²) in [5.74, 6) is -0.152. The zero-order chi connectivity index (χ0) is 20.7. The van der Waals surface area contributed by atoms with Crippen molar-refractivity contribution < 1.29 is 24.2 Å². The van der Waals surface area contributed by atoms with E-state index in [-0.39, 0.29) is 24.3 Å². The number of carbonyl (C=O) groups excluding carboxylic acids is 1. The van der Waals surface area contributed by atoms with Gasteiger partial charge in [-0.15, -0.1) is 0 Å². The van der Waals surface area contributed by atoms with Crippen LogP contribution in [0.3, 0.4) is 0 Å². The predicted octanol–water partition coefficient (Wildman–Crippen LogP) is 3.70. The highest BCUT2D eigenvalue weighted by Crippen LogP contribution is 2.25. The molecule has 6 heteroatoms. The molecule has 0 aliphatic heterocycles. The molecule has 0 spiro atoms. The highest BCUT2D eigenvalue weighted by atomic mass is 16.5. The lowest BCUT2D eigenvalue weighted by molar-refractivity contribution is -0.137. The van der Waals surface area contributed by atoms with Crippen molar-refractivity contribution in [3.8, 4) is 11.5 Å². The number of rotatable bonds is 8. The minimum absolute atomic E-state index is 0.00369. The van der Waals surface area contributed by atoms with Crippen molar-refractivity contribution in [2.45, 2.75) is 38.6 Å². The lowest BCUT2D eigenvalue weighted by Crippen LogP contribution is -2.34. The third-order valence-corrected chi connectivity index (χ3v) is 4.32. The van der Waals surface area contributed by atoms with Gasteiger partial charge in [0.1, 0.15) is 11.5 Å². The molecular weight excluding hydrogens is 358 g/mol. The number of hydrogen-bond donors (Lipinski definition) is 2. The number of nitrogens with one attached hydrogen (secondary N) is 1. The quantitative estimate of drug-likeness (QED) is 0.724. The third-order valence-electron chi connectivity index (χ3n) is 4.32. The number of benzene rings is 2. The summed E-state index contributed by atoms with van der Waals surface area (Å²) in [6, 6.07) is 13.9. The van der Waals surface area contributed by atoms with Gasteiger partial charge in [-0.25, -0.2) is 0 Å². The second-order valence-corrected chi connectivity index (χ2v) is 7.55. The van der Waals surface area contributed by atoms with E-state index in [2.05, 4.69) is 26.1 Å². The van der Waals surface area contributed by atoms with Gasteiger partial charge < -0.3 is 19.9 Å². The number of hydrogen-bond acceptors (Lipinski definition) is 4. The fourth-order valence-electron chi connectivity index (χ4n) is 2.70. The van der Waals surface area contributed by atoms with Crippen molar-refractivity contribution >= 4 is 11.9 Å². The van der Waals surface area contributed by atoms with Crippen LogP contribution in [-0.4, -0.2) is 30.7 Å². The molecule has 0 radical (unpaired) electrons. The van der Waals surface area contributed by atoms with Crippen LogP contribution in [0.2, 0.25) is 0 Å². The number of ether oxygens (including phenoxy) is 2. The molecule has 2 rings (SSSR count). The summed E-state index contributed by atoms with van der Waals surface area (Å²) in [6.07, 6.45) is -0.205. The maximum Gasteiger partial charge on any atom is 0.305 e. The maximum absolute atomic E-state index is 12.3. The number of aliphatic carboxylic acids is 1. The molecule has 1 amide bonds. The second-order valence-electron chi connectivity index (χ2n) is 7.55. The van der Waals surface area contributed by atoms with E-state index in [4.69, 9.17) is 9.47 Å². The van der Waals surface area contributed by atoms with Crippen LogP contribution in [0.4, 0.5) is 0 Å². The Kier molecular flexibility index (Phi) is 7.04. The Morgan fingerprint density at radius 2 is 1.57 bits per heavy atom. The molecule has 0 unspecified atom stereocenters. The van der Waals surface area contributed by atoms with Crippen LogP contribution in [0.5, 0.6) is 11.5 Å². The monoisotopic (exact) mass is 385 g/mol. The van der Waals surface area contributed by atoms with E-state index >= 15 is 0 Å². The van der Waals surface area contributed by atoms with E-state index in [9.17, 15) is 14.7 Å². The molecule has 28 heavy (non-hydrogen) atoms. The number of methoxy groups -OCH3 is 1. The molecule has 0 heterocycles. The van der Waals surface area contributed by atoms with Crippen LogP contribution in [0.1, 0.15) is 44.4 Å². The Morgan fingerprint density at radius 3 is 2.07 bits per heavy atom. The Morgan fingerprint density at radius 1 is 1.00 bits per heavy atom. The molecule has 6 nitrogen and oxygen atoms in total. The van der Waals surface area contributed by atoms with Crippen LogP contribution >= 0.6 is 0 Å². The maximum atomic E-state index is 12.3. The van der Waals surface area contributed by atoms with Gasteiger partial charge in [-0.2, -0.15) is 0 Å². The van der Waals surface area contributed by atoms with Gasteiger partial charge in [0.25, 0.3) is 5.91 Å². The largest absolute Gasteiger partial charge is 0.497 e. The van der Waals surface area contributed by atoms with Gasteiger partial charge in [-0.05, 0) is 40.8 Å². The van der Waals surface area contributed by atoms with Gasteiger partial charge in [-0.1, -0.05) is 45.0 Å². The average molecular weight is 385 g/mol. The minimum Gasteiger partial charge on any atom is -0.497 e. The molecule has 2 aromatic carbocycles. The number of carboxylic acids is 1. The summed E-state index contributed by atoms with van der Waals surface area (Å²) in [5, 5.41) is 12.0. The van der Waals surface area contributed by atoms with Gasteiger partial charge in [-0.3, -0.25) is 9.59 Å². The number of carboxylic acid groups (broad SMARTS) is 1. The molecular formula is C22H27NO5. The molecule has 0 fully saturated rings. The lowest BCUT2D eigenvalue weighted by atomic mass is 9.86. The van der Waals surface area contributed by atoms with Crippen molar-refractivity contribution in [1.29, 1.82) is 0 Å². The Bertz CT molecular complexity index is 791.